The molecule has 1 aliphatic rings. The smallest absolute Gasteiger partial charge is 0.271 e. The number of aromatic amines is 1. The highest BCUT2D eigenvalue weighted by Gasteiger charge is 2.14. The molecule has 0 atom stereocenters. The molecule has 7 heteroatoms. The van der Waals surface area contributed by atoms with Crippen LogP contribution in [-0.4, -0.2) is 29.4 Å². The van der Waals surface area contributed by atoms with Gasteiger partial charge < -0.3 is 14.8 Å². The topological polar surface area (TPSA) is 76.2 Å². The summed E-state index contributed by atoms with van der Waals surface area (Å²) in [6, 6.07) is 11.7. The molecule has 0 fully saturated rings. The summed E-state index contributed by atoms with van der Waals surface area (Å²) in [7, 11) is 0. The molecule has 4 rings (SSSR count). The van der Waals surface area contributed by atoms with Gasteiger partial charge in [-0.3, -0.25) is 9.89 Å². The molecule has 3 heterocycles. The molecule has 128 valence electrons. The third kappa shape index (κ3) is 3.36. The Balaban J connectivity index is 1.34. The summed E-state index contributed by atoms with van der Waals surface area (Å²) in [6.07, 6.45) is 0.712. The number of aromatic nitrogens is 2. The summed E-state index contributed by atoms with van der Waals surface area (Å²) >= 11 is 1.67. The van der Waals surface area contributed by atoms with E-state index in [1.165, 1.54) is 4.88 Å². The van der Waals surface area contributed by atoms with Crippen molar-refractivity contribution in [3.05, 3.63) is 52.5 Å². The number of hydrogen-bond acceptors (Lipinski definition) is 5. The number of carbonyl (C=O) groups is 1. The van der Waals surface area contributed by atoms with Gasteiger partial charge in [-0.05, 0) is 49.2 Å². The number of nitrogens with one attached hydrogen (secondary N) is 2. The molecular formula is C18H17N3O3S. The Morgan fingerprint density at radius 3 is 2.96 bits per heavy atom. The van der Waals surface area contributed by atoms with E-state index in [9.17, 15) is 4.79 Å². The molecule has 2 aromatic heterocycles. The minimum absolute atomic E-state index is 0.184. The minimum atomic E-state index is -0.184. The van der Waals surface area contributed by atoms with Crippen molar-refractivity contribution in [1.29, 1.82) is 0 Å². The Labute approximate surface area is 148 Å². The summed E-state index contributed by atoms with van der Waals surface area (Å²) in [4.78, 5) is 14.5. The summed E-state index contributed by atoms with van der Waals surface area (Å²) in [5.41, 5.74) is 2.34. The Hall–Kier alpha value is -2.80. The molecule has 0 radical (unpaired) electrons. The monoisotopic (exact) mass is 355 g/mol. The molecule has 3 aromatic rings. The van der Waals surface area contributed by atoms with Crippen LogP contribution in [0.25, 0.3) is 10.6 Å². The summed E-state index contributed by atoms with van der Waals surface area (Å²) in [5.74, 6) is 1.34. The fourth-order valence-corrected chi connectivity index (χ4v) is 3.48. The zero-order chi connectivity index (χ0) is 17.2. The first-order chi connectivity index (χ1) is 12.2. The van der Waals surface area contributed by atoms with Crippen LogP contribution in [0.1, 0.15) is 20.9 Å². The summed E-state index contributed by atoms with van der Waals surface area (Å²) in [6.45, 7) is 2.84. The number of ether oxygens (including phenoxy) is 2. The molecule has 0 saturated carbocycles. The maximum atomic E-state index is 12.2. The predicted molar refractivity (Wildman–Crippen MR) is 95.2 cm³/mol. The number of fused-ring (bicyclic) bond motifs is 1. The van der Waals surface area contributed by atoms with Crippen LogP contribution in [0.15, 0.2) is 36.4 Å². The van der Waals surface area contributed by atoms with Crippen molar-refractivity contribution in [1.82, 2.24) is 15.5 Å². The first kappa shape index (κ1) is 15.7. The third-order valence-corrected chi connectivity index (χ3v) is 4.99. The lowest BCUT2D eigenvalue weighted by molar-refractivity contribution is 0.0949. The van der Waals surface area contributed by atoms with Crippen molar-refractivity contribution in [2.75, 3.05) is 13.3 Å². The van der Waals surface area contributed by atoms with Crippen molar-refractivity contribution in [2.45, 2.75) is 13.3 Å². The van der Waals surface area contributed by atoms with E-state index in [1.54, 1.807) is 17.4 Å². The second-order valence-corrected chi connectivity index (χ2v) is 7.06. The highest BCUT2D eigenvalue weighted by molar-refractivity contribution is 7.15. The average molecular weight is 355 g/mol. The molecule has 2 N–H and O–H groups in total. The van der Waals surface area contributed by atoms with Crippen molar-refractivity contribution < 1.29 is 14.3 Å². The number of H-pyrrole nitrogens is 1. The lowest BCUT2D eigenvalue weighted by atomic mass is 10.1. The number of thiophene rings is 1. The van der Waals surface area contributed by atoms with E-state index in [2.05, 4.69) is 15.5 Å². The van der Waals surface area contributed by atoms with Gasteiger partial charge in [-0.25, -0.2) is 0 Å². The fraction of sp³-hybridized carbons (Fsp3) is 0.222. The van der Waals surface area contributed by atoms with Gasteiger partial charge in [0, 0.05) is 11.4 Å². The SMILES string of the molecule is Cc1ccc(-c2cc(C(=O)NCCc3ccc4c(c3)OCO4)n[nH]2)s1. The van der Waals surface area contributed by atoms with Gasteiger partial charge in [-0.1, -0.05) is 6.07 Å². The van der Waals surface area contributed by atoms with Crippen LogP contribution in [0.2, 0.25) is 0 Å². The van der Waals surface area contributed by atoms with Gasteiger partial charge in [0.15, 0.2) is 17.2 Å². The zero-order valence-electron chi connectivity index (χ0n) is 13.7. The molecule has 0 saturated heterocycles. The van der Waals surface area contributed by atoms with Crippen LogP contribution in [0.5, 0.6) is 11.5 Å². The van der Waals surface area contributed by atoms with Gasteiger partial charge in [0.1, 0.15) is 0 Å². The number of benzene rings is 1. The maximum absolute atomic E-state index is 12.2. The largest absolute Gasteiger partial charge is 0.454 e. The van der Waals surface area contributed by atoms with Crippen LogP contribution in [0.3, 0.4) is 0 Å². The number of carbonyl (C=O) groups excluding carboxylic acids is 1. The normalized spacial score (nSPS) is 12.4. The van der Waals surface area contributed by atoms with Gasteiger partial charge >= 0.3 is 0 Å². The molecule has 0 spiro atoms. The van der Waals surface area contributed by atoms with Gasteiger partial charge in [0.05, 0.1) is 10.6 Å². The average Bonchev–Trinajstić information content (AvgIpc) is 3.34. The Morgan fingerprint density at radius 2 is 2.12 bits per heavy atom. The van der Waals surface area contributed by atoms with Crippen molar-refractivity contribution in [3.8, 4) is 22.1 Å². The van der Waals surface area contributed by atoms with Crippen LogP contribution in [0.4, 0.5) is 0 Å². The van der Waals surface area contributed by atoms with E-state index in [4.69, 9.17) is 9.47 Å². The zero-order valence-corrected chi connectivity index (χ0v) is 14.5. The van der Waals surface area contributed by atoms with Crippen LogP contribution in [-0.2, 0) is 6.42 Å². The third-order valence-electron chi connectivity index (χ3n) is 3.95. The Bertz CT molecular complexity index is 916. The van der Waals surface area contributed by atoms with Crippen LogP contribution < -0.4 is 14.8 Å². The van der Waals surface area contributed by atoms with E-state index < -0.39 is 0 Å². The minimum Gasteiger partial charge on any atom is -0.454 e. The van der Waals surface area contributed by atoms with E-state index in [-0.39, 0.29) is 12.7 Å². The van der Waals surface area contributed by atoms with Crippen molar-refractivity contribution >= 4 is 17.2 Å². The maximum Gasteiger partial charge on any atom is 0.271 e. The molecule has 25 heavy (non-hydrogen) atoms. The first-order valence-corrected chi connectivity index (χ1v) is 8.79. The van der Waals surface area contributed by atoms with Gasteiger partial charge in [0.25, 0.3) is 5.91 Å². The summed E-state index contributed by atoms with van der Waals surface area (Å²) < 4.78 is 10.7. The number of amides is 1. The van der Waals surface area contributed by atoms with E-state index in [0.717, 1.165) is 27.6 Å². The number of nitrogens with zero attached hydrogens (tertiary/aromatic N) is 1. The van der Waals surface area contributed by atoms with Crippen molar-refractivity contribution in [2.24, 2.45) is 0 Å². The molecule has 0 unspecified atom stereocenters. The first-order valence-electron chi connectivity index (χ1n) is 7.98. The molecule has 1 aromatic carbocycles. The number of rotatable bonds is 5. The molecule has 1 amide bonds. The van der Waals surface area contributed by atoms with E-state index in [1.807, 2.05) is 37.3 Å². The molecule has 1 aliphatic heterocycles. The highest BCUT2D eigenvalue weighted by Crippen LogP contribution is 2.32. The second-order valence-electron chi connectivity index (χ2n) is 5.77. The second kappa shape index (κ2) is 6.60. The van der Waals surface area contributed by atoms with E-state index >= 15 is 0 Å². The number of hydrogen-bond donors (Lipinski definition) is 2. The standard InChI is InChI=1S/C18H17N3O3S/c1-11-2-5-17(25-11)13-9-14(21-20-13)18(22)19-7-6-12-3-4-15-16(8-12)24-10-23-15/h2-5,8-9H,6-7,10H2,1H3,(H,19,22)(H,20,21). The fourth-order valence-electron chi connectivity index (χ4n) is 2.65. The lowest BCUT2D eigenvalue weighted by Crippen LogP contribution is -2.26. The predicted octanol–water partition coefficient (Wildman–Crippen LogP) is 3.15. The lowest BCUT2D eigenvalue weighted by Gasteiger charge is -2.04. The van der Waals surface area contributed by atoms with Gasteiger partial charge in [-0.2, -0.15) is 5.10 Å². The Kier molecular flexibility index (Phi) is 4.15. The molecule has 0 aliphatic carbocycles. The molecular weight excluding hydrogens is 338 g/mol. The van der Waals surface area contributed by atoms with Gasteiger partial charge in [-0.15, -0.1) is 11.3 Å². The summed E-state index contributed by atoms with van der Waals surface area (Å²) in [5, 5.41) is 9.92. The van der Waals surface area contributed by atoms with Gasteiger partial charge in [0.2, 0.25) is 6.79 Å². The Morgan fingerprint density at radius 1 is 1.24 bits per heavy atom. The van der Waals surface area contributed by atoms with E-state index in [0.29, 0.717) is 18.7 Å². The quantitative estimate of drug-likeness (QED) is 0.737. The number of aryl methyl sites for hydroxylation is 1. The van der Waals surface area contributed by atoms with Crippen LogP contribution >= 0.6 is 11.3 Å². The highest BCUT2D eigenvalue weighted by atomic mass is 32.1. The molecule has 6 nitrogen and oxygen atoms in total. The van der Waals surface area contributed by atoms with Crippen LogP contribution in [0, 0.1) is 6.92 Å². The van der Waals surface area contributed by atoms with Crippen molar-refractivity contribution in [3.63, 3.8) is 0 Å². The molecule has 0 bridgehead atoms.